The SMILES string of the molecule is COCC(O)CSCC1CNC1. The molecule has 1 aliphatic rings. The largest absolute Gasteiger partial charge is 0.390 e. The van der Waals surface area contributed by atoms with E-state index in [0.717, 1.165) is 30.5 Å². The van der Waals surface area contributed by atoms with Crippen LogP contribution < -0.4 is 5.32 Å². The van der Waals surface area contributed by atoms with Gasteiger partial charge in [0, 0.05) is 12.9 Å². The van der Waals surface area contributed by atoms with E-state index >= 15 is 0 Å². The van der Waals surface area contributed by atoms with Gasteiger partial charge in [0.15, 0.2) is 0 Å². The highest BCUT2D eigenvalue weighted by molar-refractivity contribution is 7.99. The molecular weight excluding hydrogens is 174 g/mol. The Labute approximate surface area is 77.9 Å². The first kappa shape index (κ1) is 10.3. The number of rotatable bonds is 6. The van der Waals surface area contributed by atoms with Crippen LogP contribution >= 0.6 is 11.8 Å². The van der Waals surface area contributed by atoms with E-state index in [1.54, 1.807) is 7.11 Å². The summed E-state index contributed by atoms with van der Waals surface area (Å²) >= 11 is 1.82. The van der Waals surface area contributed by atoms with E-state index in [2.05, 4.69) is 5.32 Å². The third-order valence-corrected chi connectivity index (χ3v) is 3.22. The molecular formula is C8H17NO2S. The molecule has 0 spiro atoms. The summed E-state index contributed by atoms with van der Waals surface area (Å²) in [7, 11) is 1.61. The van der Waals surface area contributed by atoms with E-state index < -0.39 is 0 Å². The van der Waals surface area contributed by atoms with Crippen LogP contribution in [0.3, 0.4) is 0 Å². The molecule has 1 fully saturated rings. The minimum atomic E-state index is -0.298. The van der Waals surface area contributed by atoms with Gasteiger partial charge in [0.25, 0.3) is 0 Å². The molecule has 0 amide bonds. The molecule has 1 aliphatic heterocycles. The summed E-state index contributed by atoms with van der Waals surface area (Å²) in [4.78, 5) is 0. The molecule has 72 valence electrons. The fourth-order valence-corrected chi connectivity index (χ4v) is 2.15. The second-order valence-corrected chi connectivity index (χ2v) is 4.25. The summed E-state index contributed by atoms with van der Waals surface area (Å²) in [5.41, 5.74) is 0. The Balaban J connectivity index is 1.86. The molecule has 0 aromatic heterocycles. The quantitative estimate of drug-likeness (QED) is 0.617. The summed E-state index contributed by atoms with van der Waals surface area (Å²) in [5.74, 6) is 2.78. The Kier molecular flexibility index (Phi) is 4.99. The highest BCUT2D eigenvalue weighted by Gasteiger charge is 2.16. The normalized spacial score (nSPS) is 20.5. The van der Waals surface area contributed by atoms with Crippen molar-refractivity contribution in [2.75, 3.05) is 38.3 Å². The van der Waals surface area contributed by atoms with E-state index in [-0.39, 0.29) is 6.10 Å². The van der Waals surface area contributed by atoms with Gasteiger partial charge >= 0.3 is 0 Å². The van der Waals surface area contributed by atoms with Crippen LogP contribution in [-0.4, -0.2) is 49.5 Å². The molecule has 1 unspecified atom stereocenters. The molecule has 1 heterocycles. The molecule has 1 saturated heterocycles. The van der Waals surface area contributed by atoms with Crippen LogP contribution in [0.25, 0.3) is 0 Å². The fraction of sp³-hybridized carbons (Fsp3) is 1.00. The molecule has 0 radical (unpaired) electrons. The lowest BCUT2D eigenvalue weighted by molar-refractivity contribution is 0.0793. The van der Waals surface area contributed by atoms with Crippen molar-refractivity contribution in [3.05, 3.63) is 0 Å². The van der Waals surface area contributed by atoms with Crippen LogP contribution in [0.15, 0.2) is 0 Å². The third kappa shape index (κ3) is 3.76. The predicted octanol–water partition coefficient (Wildman–Crippen LogP) is -0.0537. The lowest BCUT2D eigenvalue weighted by atomic mass is 10.1. The first-order valence-corrected chi connectivity index (χ1v) is 5.44. The van der Waals surface area contributed by atoms with E-state index in [1.165, 1.54) is 0 Å². The van der Waals surface area contributed by atoms with Gasteiger partial charge in [-0.3, -0.25) is 0 Å². The predicted molar refractivity (Wildman–Crippen MR) is 51.6 cm³/mol. The summed E-state index contributed by atoms with van der Waals surface area (Å²) in [5, 5.41) is 12.5. The Bertz CT molecular complexity index is 120. The highest BCUT2D eigenvalue weighted by atomic mass is 32.2. The summed E-state index contributed by atoms with van der Waals surface area (Å²) in [6, 6.07) is 0. The topological polar surface area (TPSA) is 41.5 Å². The molecule has 3 nitrogen and oxygen atoms in total. The van der Waals surface area contributed by atoms with Gasteiger partial charge in [-0.25, -0.2) is 0 Å². The van der Waals surface area contributed by atoms with Crippen LogP contribution in [-0.2, 0) is 4.74 Å². The Morgan fingerprint density at radius 1 is 1.67 bits per heavy atom. The van der Waals surface area contributed by atoms with Gasteiger partial charge in [-0.15, -0.1) is 0 Å². The monoisotopic (exact) mass is 191 g/mol. The van der Waals surface area contributed by atoms with E-state index in [4.69, 9.17) is 4.74 Å². The second kappa shape index (κ2) is 5.80. The van der Waals surface area contributed by atoms with Gasteiger partial charge in [-0.2, -0.15) is 11.8 Å². The van der Waals surface area contributed by atoms with Gasteiger partial charge in [-0.05, 0) is 24.8 Å². The number of aliphatic hydroxyl groups excluding tert-OH is 1. The lowest BCUT2D eigenvalue weighted by Crippen LogP contribution is -2.43. The van der Waals surface area contributed by atoms with Gasteiger partial charge in [0.1, 0.15) is 0 Å². The van der Waals surface area contributed by atoms with Gasteiger partial charge in [-0.1, -0.05) is 0 Å². The lowest BCUT2D eigenvalue weighted by Gasteiger charge is -2.26. The number of ether oxygens (including phenoxy) is 1. The van der Waals surface area contributed by atoms with Crippen molar-refractivity contribution < 1.29 is 9.84 Å². The fourth-order valence-electron chi connectivity index (χ4n) is 1.08. The average Bonchev–Trinajstić information content (AvgIpc) is 1.95. The number of nitrogens with one attached hydrogen (secondary N) is 1. The molecule has 0 saturated carbocycles. The van der Waals surface area contributed by atoms with E-state index in [9.17, 15) is 5.11 Å². The summed E-state index contributed by atoms with van der Waals surface area (Å²) in [6.45, 7) is 2.75. The Morgan fingerprint density at radius 2 is 2.42 bits per heavy atom. The second-order valence-electron chi connectivity index (χ2n) is 3.17. The van der Waals surface area contributed by atoms with Crippen molar-refractivity contribution >= 4 is 11.8 Å². The molecule has 0 aromatic rings. The summed E-state index contributed by atoms with van der Waals surface area (Å²) < 4.78 is 4.83. The smallest absolute Gasteiger partial charge is 0.0863 e. The Morgan fingerprint density at radius 3 is 2.92 bits per heavy atom. The van der Waals surface area contributed by atoms with Crippen molar-refractivity contribution in [2.24, 2.45) is 5.92 Å². The minimum absolute atomic E-state index is 0.298. The van der Waals surface area contributed by atoms with E-state index in [1.807, 2.05) is 11.8 Å². The van der Waals surface area contributed by atoms with Crippen LogP contribution in [0.4, 0.5) is 0 Å². The number of hydrogen-bond acceptors (Lipinski definition) is 4. The third-order valence-electron chi connectivity index (χ3n) is 1.89. The number of methoxy groups -OCH3 is 1. The molecule has 0 aliphatic carbocycles. The van der Waals surface area contributed by atoms with Crippen molar-refractivity contribution in [1.29, 1.82) is 0 Å². The zero-order chi connectivity index (χ0) is 8.81. The molecule has 12 heavy (non-hydrogen) atoms. The first-order valence-electron chi connectivity index (χ1n) is 4.28. The van der Waals surface area contributed by atoms with Gasteiger partial charge in [0.05, 0.1) is 12.7 Å². The average molecular weight is 191 g/mol. The van der Waals surface area contributed by atoms with Gasteiger partial charge < -0.3 is 15.2 Å². The maximum atomic E-state index is 9.29. The van der Waals surface area contributed by atoms with Crippen molar-refractivity contribution in [2.45, 2.75) is 6.10 Å². The van der Waals surface area contributed by atoms with Crippen molar-refractivity contribution in [3.63, 3.8) is 0 Å². The molecule has 2 N–H and O–H groups in total. The van der Waals surface area contributed by atoms with Gasteiger partial charge in [0.2, 0.25) is 0 Å². The zero-order valence-corrected chi connectivity index (χ0v) is 8.27. The maximum absolute atomic E-state index is 9.29. The standard InChI is InChI=1S/C8H17NO2S/c1-11-4-8(10)6-12-5-7-2-9-3-7/h7-10H,2-6H2,1H3. The molecule has 0 bridgehead atoms. The van der Waals surface area contributed by atoms with Crippen molar-refractivity contribution in [3.8, 4) is 0 Å². The molecule has 4 heteroatoms. The number of aliphatic hydroxyl groups is 1. The Hall–Kier alpha value is 0.230. The molecule has 1 rings (SSSR count). The summed E-state index contributed by atoms with van der Waals surface area (Å²) in [6.07, 6.45) is -0.298. The number of thioether (sulfide) groups is 1. The highest BCUT2D eigenvalue weighted by Crippen LogP contribution is 2.13. The van der Waals surface area contributed by atoms with Crippen molar-refractivity contribution in [1.82, 2.24) is 5.32 Å². The zero-order valence-electron chi connectivity index (χ0n) is 7.45. The first-order chi connectivity index (χ1) is 5.83. The number of hydrogen-bond donors (Lipinski definition) is 2. The van der Waals surface area contributed by atoms with E-state index in [0.29, 0.717) is 6.61 Å². The minimum Gasteiger partial charge on any atom is -0.390 e. The van der Waals surface area contributed by atoms with Crippen LogP contribution in [0, 0.1) is 5.92 Å². The van der Waals surface area contributed by atoms with Crippen LogP contribution in [0.1, 0.15) is 0 Å². The molecule has 1 atom stereocenters. The molecule has 0 aromatic carbocycles. The van der Waals surface area contributed by atoms with Crippen LogP contribution in [0.5, 0.6) is 0 Å². The van der Waals surface area contributed by atoms with Crippen LogP contribution in [0.2, 0.25) is 0 Å². The maximum Gasteiger partial charge on any atom is 0.0863 e.